The van der Waals surface area contributed by atoms with Crippen molar-refractivity contribution in [3.8, 4) is 17.3 Å². The van der Waals surface area contributed by atoms with Gasteiger partial charge >= 0.3 is 12.2 Å². The first kappa shape index (κ1) is 34.1. The summed E-state index contributed by atoms with van der Waals surface area (Å²) in [4.78, 5) is 34.1. The summed E-state index contributed by atoms with van der Waals surface area (Å²) < 4.78 is 71.8. The van der Waals surface area contributed by atoms with Crippen molar-refractivity contribution in [1.82, 2.24) is 25.9 Å². The molecule has 16 heteroatoms. The van der Waals surface area contributed by atoms with E-state index in [9.17, 15) is 31.2 Å². The molecule has 12 nitrogen and oxygen atoms in total. The SMILES string of the molecule is N#Cc1ccc(CCNC(=O)C2CCCN2c2cc(-c3ccc(CNC(=O)NCCCS(=O)(=O)O)cc3)nc(C(F)(F)F)n2)cc1. The predicted octanol–water partition coefficient (Wildman–Crippen LogP) is 3.44. The highest BCUT2D eigenvalue weighted by Gasteiger charge is 2.38. The Balaban J connectivity index is 1.41. The normalized spacial score (nSPS) is 14.8. The molecule has 2 aromatic carbocycles. The van der Waals surface area contributed by atoms with E-state index in [-0.39, 0.29) is 36.9 Å². The second kappa shape index (κ2) is 15.0. The molecule has 3 amide bonds. The average molecular weight is 660 g/mol. The Labute approximate surface area is 263 Å². The Kier molecular flexibility index (Phi) is 11.1. The van der Waals surface area contributed by atoms with Gasteiger partial charge in [-0.05, 0) is 48.9 Å². The minimum Gasteiger partial charge on any atom is -0.354 e. The summed E-state index contributed by atoms with van der Waals surface area (Å²) in [6, 6.07) is 15.5. The number of aromatic nitrogens is 2. The fraction of sp³-hybridized carbons (Fsp3) is 0.367. The quantitative estimate of drug-likeness (QED) is 0.168. The number of rotatable bonds is 12. The average Bonchev–Trinajstić information content (AvgIpc) is 3.52. The Bertz CT molecular complexity index is 1680. The number of halogens is 3. The van der Waals surface area contributed by atoms with Crippen molar-refractivity contribution in [2.24, 2.45) is 0 Å². The third-order valence-corrected chi connectivity index (χ3v) is 7.98. The zero-order valence-electron chi connectivity index (χ0n) is 24.5. The van der Waals surface area contributed by atoms with Gasteiger partial charge in [0, 0.05) is 37.8 Å². The van der Waals surface area contributed by atoms with E-state index in [1.165, 1.54) is 6.07 Å². The lowest BCUT2D eigenvalue weighted by molar-refractivity contribution is -0.144. The number of alkyl halides is 3. The van der Waals surface area contributed by atoms with Gasteiger partial charge in [-0.1, -0.05) is 36.4 Å². The number of nitrogens with one attached hydrogen (secondary N) is 3. The molecule has 1 atom stereocenters. The molecule has 1 saturated heterocycles. The van der Waals surface area contributed by atoms with Crippen molar-refractivity contribution < 1.29 is 35.7 Å². The number of carbonyl (C=O) groups is 2. The van der Waals surface area contributed by atoms with Crippen LogP contribution in [0.25, 0.3) is 11.3 Å². The first-order valence-electron chi connectivity index (χ1n) is 14.4. The van der Waals surface area contributed by atoms with Gasteiger partial charge in [-0.15, -0.1) is 0 Å². The van der Waals surface area contributed by atoms with Crippen LogP contribution >= 0.6 is 0 Å². The van der Waals surface area contributed by atoms with Gasteiger partial charge in [0.2, 0.25) is 11.7 Å². The molecular weight excluding hydrogens is 627 g/mol. The van der Waals surface area contributed by atoms with Crippen LogP contribution in [0.4, 0.5) is 23.8 Å². The van der Waals surface area contributed by atoms with Crippen LogP contribution in [-0.2, 0) is 34.1 Å². The minimum atomic E-state index is -4.83. The molecule has 46 heavy (non-hydrogen) atoms. The van der Waals surface area contributed by atoms with Crippen molar-refractivity contribution in [3.63, 3.8) is 0 Å². The van der Waals surface area contributed by atoms with Crippen LogP contribution in [0.3, 0.4) is 0 Å². The zero-order chi connectivity index (χ0) is 33.3. The minimum absolute atomic E-state index is 0.0142. The van der Waals surface area contributed by atoms with Crippen LogP contribution in [0.15, 0.2) is 54.6 Å². The standard InChI is InChI=1S/C30H32F3N7O5S/c31-30(32,33)28-38-24(23-10-8-22(9-11-23)19-37-29(42)36-13-2-16-46(43,44)45)17-26(39-28)40-15-1-3-25(40)27(41)35-14-12-20-4-6-21(18-34)7-5-20/h4-11,17,25H,1-3,12-16,19H2,(H,35,41)(H2,36,37,42)(H,43,44,45). The molecular formula is C30H32F3N7O5S. The number of carbonyl (C=O) groups excluding carboxylic acids is 2. The van der Waals surface area contributed by atoms with Gasteiger partial charge in [0.05, 0.1) is 23.1 Å². The molecule has 1 unspecified atom stereocenters. The molecule has 4 N–H and O–H groups in total. The maximum Gasteiger partial charge on any atom is 0.451 e. The van der Waals surface area contributed by atoms with E-state index in [1.807, 2.05) is 6.07 Å². The number of urea groups is 1. The summed E-state index contributed by atoms with van der Waals surface area (Å²) in [6.45, 7) is 0.766. The van der Waals surface area contributed by atoms with E-state index >= 15 is 0 Å². The van der Waals surface area contributed by atoms with Gasteiger partial charge in [0.15, 0.2) is 0 Å². The third kappa shape index (κ3) is 9.88. The molecule has 1 aliphatic rings. The Morgan fingerprint density at radius 3 is 2.35 bits per heavy atom. The maximum atomic E-state index is 13.9. The molecule has 1 aliphatic heterocycles. The Morgan fingerprint density at radius 2 is 1.70 bits per heavy atom. The van der Waals surface area contributed by atoms with Gasteiger partial charge in [-0.3, -0.25) is 9.35 Å². The number of nitriles is 1. The van der Waals surface area contributed by atoms with E-state index < -0.39 is 39.9 Å². The van der Waals surface area contributed by atoms with Crippen LogP contribution in [0.2, 0.25) is 0 Å². The smallest absolute Gasteiger partial charge is 0.354 e. The van der Waals surface area contributed by atoms with Crippen molar-refractivity contribution in [1.29, 1.82) is 5.26 Å². The van der Waals surface area contributed by atoms with Crippen LogP contribution in [0.1, 0.15) is 41.8 Å². The second-order valence-corrected chi connectivity index (χ2v) is 12.2. The van der Waals surface area contributed by atoms with Gasteiger partial charge in [0.1, 0.15) is 11.9 Å². The Hall–Kier alpha value is -4.75. The largest absolute Gasteiger partial charge is 0.451 e. The van der Waals surface area contributed by atoms with Crippen LogP contribution in [-0.4, -0.2) is 66.3 Å². The second-order valence-electron chi connectivity index (χ2n) is 10.6. The lowest BCUT2D eigenvalue weighted by Crippen LogP contribution is -2.44. The maximum absolute atomic E-state index is 13.9. The molecule has 1 fully saturated rings. The van der Waals surface area contributed by atoms with Gasteiger partial charge in [-0.2, -0.15) is 26.9 Å². The van der Waals surface area contributed by atoms with Crippen molar-refractivity contribution in [2.75, 3.05) is 30.3 Å². The number of hydrogen-bond donors (Lipinski definition) is 4. The summed E-state index contributed by atoms with van der Waals surface area (Å²) in [5.74, 6) is -2.15. The monoisotopic (exact) mass is 659 g/mol. The van der Waals surface area contributed by atoms with E-state index in [0.29, 0.717) is 49.0 Å². The highest BCUT2D eigenvalue weighted by atomic mass is 32.2. The van der Waals surface area contributed by atoms with Crippen molar-refractivity contribution in [3.05, 3.63) is 77.1 Å². The summed E-state index contributed by atoms with van der Waals surface area (Å²) in [6.07, 6.45) is -3.25. The summed E-state index contributed by atoms with van der Waals surface area (Å²) in [7, 11) is -4.11. The molecule has 0 radical (unpaired) electrons. The van der Waals surface area contributed by atoms with E-state index in [1.54, 1.807) is 53.4 Å². The molecule has 244 valence electrons. The van der Waals surface area contributed by atoms with Crippen molar-refractivity contribution >= 4 is 27.9 Å². The van der Waals surface area contributed by atoms with E-state index in [2.05, 4.69) is 25.9 Å². The lowest BCUT2D eigenvalue weighted by Gasteiger charge is -2.26. The van der Waals surface area contributed by atoms with Gasteiger partial charge in [0.25, 0.3) is 10.1 Å². The summed E-state index contributed by atoms with van der Waals surface area (Å²) in [5.41, 5.74) is 2.48. The van der Waals surface area contributed by atoms with Crippen molar-refractivity contribution in [2.45, 2.75) is 44.4 Å². The zero-order valence-corrected chi connectivity index (χ0v) is 25.4. The molecule has 1 aromatic heterocycles. The van der Waals surface area contributed by atoms with Crippen LogP contribution in [0.5, 0.6) is 0 Å². The van der Waals surface area contributed by atoms with Crippen LogP contribution in [0, 0.1) is 11.3 Å². The van der Waals surface area contributed by atoms with E-state index in [0.717, 1.165) is 5.56 Å². The molecule has 4 rings (SSSR count). The number of hydrogen-bond acceptors (Lipinski definition) is 8. The third-order valence-electron chi connectivity index (χ3n) is 7.18. The highest BCUT2D eigenvalue weighted by Crippen LogP contribution is 2.33. The first-order valence-corrected chi connectivity index (χ1v) is 16.0. The topological polar surface area (TPSA) is 177 Å². The number of amides is 3. The number of benzene rings is 2. The fourth-order valence-electron chi connectivity index (χ4n) is 4.86. The molecule has 0 aliphatic carbocycles. The molecule has 0 bridgehead atoms. The fourth-order valence-corrected chi connectivity index (χ4v) is 5.37. The first-order chi connectivity index (χ1) is 21.8. The highest BCUT2D eigenvalue weighted by molar-refractivity contribution is 7.85. The van der Waals surface area contributed by atoms with Crippen LogP contribution < -0.4 is 20.9 Å². The van der Waals surface area contributed by atoms with Gasteiger partial charge < -0.3 is 20.9 Å². The predicted molar refractivity (Wildman–Crippen MR) is 162 cm³/mol. The Morgan fingerprint density at radius 1 is 1.00 bits per heavy atom. The molecule has 0 saturated carbocycles. The van der Waals surface area contributed by atoms with Gasteiger partial charge in [-0.25, -0.2) is 14.8 Å². The molecule has 3 aromatic rings. The summed E-state index contributed by atoms with van der Waals surface area (Å²) in [5, 5.41) is 16.8. The summed E-state index contributed by atoms with van der Waals surface area (Å²) >= 11 is 0. The van der Waals surface area contributed by atoms with E-state index in [4.69, 9.17) is 9.81 Å². The number of nitrogens with zero attached hydrogens (tertiary/aromatic N) is 4. The molecule has 0 spiro atoms. The number of anilines is 1. The lowest BCUT2D eigenvalue weighted by atomic mass is 10.1. The molecule has 2 heterocycles.